The van der Waals surface area contributed by atoms with E-state index in [9.17, 15) is 9.59 Å². The van der Waals surface area contributed by atoms with Crippen molar-refractivity contribution in [3.05, 3.63) is 82.7 Å². The summed E-state index contributed by atoms with van der Waals surface area (Å²) in [7, 11) is 1.70. The van der Waals surface area contributed by atoms with Gasteiger partial charge in [0.2, 0.25) is 0 Å². The molecule has 0 bridgehead atoms. The van der Waals surface area contributed by atoms with E-state index in [1.165, 1.54) is 11.6 Å². The Kier molecular flexibility index (Phi) is 5.14. The molecule has 2 aromatic carbocycles. The number of fused-ring (bicyclic) bond motifs is 1. The predicted octanol–water partition coefficient (Wildman–Crippen LogP) is 2.79. The van der Waals surface area contributed by atoms with Crippen molar-refractivity contribution in [3.63, 3.8) is 0 Å². The SMILES string of the molecule is Cc1ccc(Cn2bnc(NC(=O)c3cc(C(N)=O)nc4ccccc34)c2C)cc1. The van der Waals surface area contributed by atoms with Gasteiger partial charge in [-0.1, -0.05) is 0 Å². The molecule has 0 saturated carbocycles. The van der Waals surface area contributed by atoms with Crippen molar-refractivity contribution in [3.8, 4) is 0 Å². The molecule has 2 amide bonds. The fourth-order valence-corrected chi connectivity index (χ4v) is 3.28. The molecule has 4 rings (SSSR count). The van der Waals surface area contributed by atoms with Crippen LogP contribution in [0.25, 0.3) is 10.9 Å². The number of aryl methyl sites for hydroxylation is 1. The molecule has 0 radical (unpaired) electrons. The van der Waals surface area contributed by atoms with Crippen LogP contribution in [0.1, 0.15) is 37.7 Å². The minimum absolute atomic E-state index is 0.0421. The van der Waals surface area contributed by atoms with Gasteiger partial charge in [-0.2, -0.15) is 0 Å². The number of nitrogens with zero attached hydrogens (tertiary/aromatic N) is 3. The van der Waals surface area contributed by atoms with Gasteiger partial charge >= 0.3 is 174 Å². The number of carbonyl (C=O) groups is 2. The molecule has 0 unspecified atom stereocenters. The van der Waals surface area contributed by atoms with E-state index in [0.29, 0.717) is 28.8 Å². The Bertz CT molecular complexity index is 1260. The molecule has 0 fully saturated rings. The number of hydrogen-bond acceptors (Lipinski definition) is 4. The molecule has 0 aliphatic carbocycles. The van der Waals surface area contributed by atoms with Crippen LogP contribution in [0.2, 0.25) is 0 Å². The normalized spacial score (nSPS) is 10.7. The monoisotopic (exact) mass is 397 g/mol. The van der Waals surface area contributed by atoms with Gasteiger partial charge in [-0.15, -0.1) is 0 Å². The first-order valence-electron chi connectivity index (χ1n) is 9.50. The van der Waals surface area contributed by atoms with Crippen LogP contribution < -0.4 is 11.1 Å². The standard InChI is InChI=1S/C22H20BN5O2/c1-13-7-9-15(10-8-13)12-28-14(2)21(27-23-28)26-22(30)17-11-19(20(24)29)25-18-6-4-3-5-16(17)18/h3-11H,12H2,1-2H3,(H2,24,29)(H,26,30). The molecular formula is C22H20BN5O2. The number of anilines is 1. The molecule has 2 aromatic heterocycles. The zero-order chi connectivity index (χ0) is 21.3. The Balaban J connectivity index is 1.62. The van der Waals surface area contributed by atoms with Crippen molar-refractivity contribution in [2.75, 3.05) is 5.32 Å². The molecule has 4 aromatic rings. The van der Waals surface area contributed by atoms with Gasteiger partial charge in [0.05, 0.1) is 0 Å². The molecule has 3 N–H and O–H groups in total. The summed E-state index contributed by atoms with van der Waals surface area (Å²) in [6.45, 7) is 4.60. The van der Waals surface area contributed by atoms with Crippen LogP contribution in [0.4, 0.5) is 5.82 Å². The molecule has 0 aliphatic heterocycles. The first-order valence-corrected chi connectivity index (χ1v) is 9.50. The van der Waals surface area contributed by atoms with Crippen LogP contribution in [0.15, 0.2) is 54.6 Å². The van der Waals surface area contributed by atoms with E-state index >= 15 is 0 Å². The third kappa shape index (κ3) is 3.84. The number of amides is 2. The Morgan fingerprint density at radius 2 is 1.83 bits per heavy atom. The van der Waals surface area contributed by atoms with Crippen molar-refractivity contribution in [1.29, 1.82) is 0 Å². The first-order chi connectivity index (χ1) is 14.4. The van der Waals surface area contributed by atoms with Gasteiger partial charge in [-0.3, -0.25) is 0 Å². The van der Waals surface area contributed by atoms with E-state index in [1.54, 1.807) is 25.4 Å². The van der Waals surface area contributed by atoms with Crippen molar-refractivity contribution in [2.45, 2.75) is 20.4 Å². The van der Waals surface area contributed by atoms with E-state index in [-0.39, 0.29) is 11.6 Å². The molecule has 30 heavy (non-hydrogen) atoms. The molecular weight excluding hydrogens is 377 g/mol. The minimum atomic E-state index is -0.687. The summed E-state index contributed by atoms with van der Waals surface area (Å²) in [6.07, 6.45) is 0. The van der Waals surface area contributed by atoms with Crippen molar-refractivity contribution in [2.24, 2.45) is 5.73 Å². The summed E-state index contributed by atoms with van der Waals surface area (Å²) in [6, 6.07) is 16.8. The van der Waals surface area contributed by atoms with Gasteiger partial charge in [0.15, 0.2) is 0 Å². The topological polar surface area (TPSA) is 103 Å². The summed E-state index contributed by atoms with van der Waals surface area (Å²) in [4.78, 5) is 33.2. The fraction of sp³-hybridized carbons (Fsp3) is 0.136. The maximum atomic E-state index is 13.0. The van der Waals surface area contributed by atoms with Crippen LogP contribution in [0, 0.1) is 13.8 Å². The third-order valence-electron chi connectivity index (χ3n) is 5.02. The third-order valence-corrected chi connectivity index (χ3v) is 5.02. The zero-order valence-corrected chi connectivity index (χ0v) is 16.7. The first kappa shape index (κ1) is 19.5. The quantitative estimate of drug-likeness (QED) is 0.541. The molecule has 0 saturated heterocycles. The number of carbonyl (C=O) groups excluding carboxylic acids is 2. The molecule has 8 heteroatoms. The van der Waals surface area contributed by atoms with E-state index in [4.69, 9.17) is 5.73 Å². The number of nitrogens with one attached hydrogen (secondary N) is 1. The van der Waals surface area contributed by atoms with Crippen molar-refractivity contribution < 1.29 is 9.59 Å². The van der Waals surface area contributed by atoms with Gasteiger partial charge in [-0.05, 0) is 0 Å². The van der Waals surface area contributed by atoms with Gasteiger partial charge in [0.25, 0.3) is 0 Å². The van der Waals surface area contributed by atoms with Crippen molar-refractivity contribution >= 4 is 35.7 Å². The summed E-state index contributed by atoms with van der Waals surface area (Å²) in [5, 5.41) is 3.49. The number of aromatic nitrogens is 3. The summed E-state index contributed by atoms with van der Waals surface area (Å²) < 4.78 is 1.97. The average molecular weight is 397 g/mol. The van der Waals surface area contributed by atoms with E-state index in [1.807, 2.05) is 24.4 Å². The van der Waals surface area contributed by atoms with Gasteiger partial charge < -0.3 is 0 Å². The summed E-state index contributed by atoms with van der Waals surface area (Å²) in [5.41, 5.74) is 9.46. The number of nitrogens with two attached hydrogens (primary N) is 1. The van der Waals surface area contributed by atoms with Gasteiger partial charge in [-0.25, -0.2) is 0 Å². The number of rotatable bonds is 5. The predicted molar refractivity (Wildman–Crippen MR) is 117 cm³/mol. The maximum absolute atomic E-state index is 13.0. The molecule has 148 valence electrons. The second-order valence-electron chi connectivity index (χ2n) is 7.18. The van der Waals surface area contributed by atoms with Crippen molar-refractivity contribution in [1.82, 2.24) is 14.3 Å². The Labute approximate surface area is 174 Å². The Morgan fingerprint density at radius 3 is 2.57 bits per heavy atom. The van der Waals surface area contributed by atoms with E-state index in [2.05, 4.69) is 39.5 Å². The zero-order valence-electron chi connectivity index (χ0n) is 16.7. The average Bonchev–Trinajstić information content (AvgIpc) is 3.08. The second kappa shape index (κ2) is 7.90. The fourth-order valence-electron chi connectivity index (χ4n) is 3.28. The number of primary amides is 1. The summed E-state index contributed by atoms with van der Waals surface area (Å²) in [5.74, 6) is -0.596. The molecule has 2 heterocycles. The number of hydrogen-bond donors (Lipinski definition) is 2. The van der Waals surface area contributed by atoms with Gasteiger partial charge in [0, 0.05) is 0 Å². The van der Waals surface area contributed by atoms with Crippen LogP contribution in [-0.4, -0.2) is 33.4 Å². The molecule has 0 aliphatic rings. The molecule has 7 nitrogen and oxygen atoms in total. The Hall–Kier alpha value is -3.81. The van der Waals surface area contributed by atoms with Crippen LogP contribution in [0.5, 0.6) is 0 Å². The van der Waals surface area contributed by atoms with Crippen LogP contribution >= 0.6 is 0 Å². The number of benzene rings is 2. The van der Waals surface area contributed by atoms with Crippen LogP contribution in [-0.2, 0) is 6.54 Å². The number of pyridine rings is 1. The van der Waals surface area contributed by atoms with Crippen LogP contribution in [0.3, 0.4) is 0 Å². The molecule has 0 spiro atoms. The van der Waals surface area contributed by atoms with Gasteiger partial charge in [0.1, 0.15) is 0 Å². The van der Waals surface area contributed by atoms with E-state index in [0.717, 1.165) is 11.3 Å². The summed E-state index contributed by atoms with van der Waals surface area (Å²) >= 11 is 0. The van der Waals surface area contributed by atoms with E-state index < -0.39 is 5.91 Å². The molecule has 0 atom stereocenters. The second-order valence-corrected chi connectivity index (χ2v) is 7.18. The Morgan fingerprint density at radius 1 is 1.10 bits per heavy atom. The number of para-hydroxylation sites is 1.